The number of carbonyl (C=O) groups excluding carboxylic acids is 2. The number of allylic oxidation sites excluding steroid dienone is 1. The number of aromatic nitrogens is 2. The molecule has 0 atom stereocenters. The van der Waals surface area contributed by atoms with Gasteiger partial charge in [0.25, 0.3) is 0 Å². The van der Waals surface area contributed by atoms with Crippen LogP contribution < -0.4 is 10.6 Å². The number of nitrogens with one attached hydrogen (secondary N) is 3. The molecule has 1 heterocycles. The Morgan fingerprint density at radius 3 is 2.27 bits per heavy atom. The number of hydrogen-bond acceptors (Lipinski definition) is 6. The quantitative estimate of drug-likeness (QED) is 0.0855. The first-order valence-corrected chi connectivity index (χ1v) is 12.5. The van der Waals surface area contributed by atoms with E-state index in [4.69, 9.17) is 0 Å². The van der Waals surface area contributed by atoms with Gasteiger partial charge in [-0.25, -0.2) is 13.8 Å². The number of aromatic amines is 1. The fraction of sp³-hybridized carbons (Fsp3) is 0.0645. The van der Waals surface area contributed by atoms with Crippen LogP contribution in [0.25, 0.3) is 22.4 Å². The van der Waals surface area contributed by atoms with E-state index in [1.807, 2.05) is 12.1 Å². The van der Waals surface area contributed by atoms with Crippen molar-refractivity contribution in [3.8, 4) is 5.75 Å². The topological polar surface area (TPSA) is 127 Å². The van der Waals surface area contributed by atoms with Crippen LogP contribution in [0.4, 0.5) is 20.2 Å². The summed E-state index contributed by atoms with van der Waals surface area (Å²) < 4.78 is 27.9. The van der Waals surface area contributed by atoms with E-state index in [9.17, 15) is 28.6 Å². The zero-order valence-electron chi connectivity index (χ0n) is 21.7. The van der Waals surface area contributed by atoms with Crippen molar-refractivity contribution in [1.82, 2.24) is 9.97 Å². The number of aromatic hydroxyl groups is 1. The number of hydrogen-bond donors (Lipinski definition) is 5. The van der Waals surface area contributed by atoms with Crippen molar-refractivity contribution in [2.75, 3.05) is 10.6 Å². The maximum Gasteiger partial charge on any atom is 0.221 e. The number of phenols is 1. The molecule has 5 aromatic rings. The number of aliphatic hydroxyl groups excluding tert-OH is 1. The lowest BCUT2D eigenvalue weighted by atomic mass is 9.98. The van der Waals surface area contributed by atoms with Crippen LogP contribution in [0.2, 0.25) is 0 Å². The number of Topliss-reactive ketones (excluding diaryl/α,β-unsaturated/α-hetero) is 1. The van der Waals surface area contributed by atoms with Crippen molar-refractivity contribution < 1.29 is 28.6 Å². The molecule has 0 aliphatic rings. The summed E-state index contributed by atoms with van der Waals surface area (Å²) in [7, 11) is 0. The van der Waals surface area contributed by atoms with Crippen molar-refractivity contribution in [3.63, 3.8) is 0 Å². The van der Waals surface area contributed by atoms with Gasteiger partial charge in [-0.3, -0.25) is 9.59 Å². The van der Waals surface area contributed by atoms with E-state index >= 15 is 0 Å². The smallest absolute Gasteiger partial charge is 0.221 e. The van der Waals surface area contributed by atoms with Crippen LogP contribution in [0.1, 0.15) is 34.2 Å². The number of H-pyrrole nitrogens is 1. The molecular weight excluding hydrogens is 530 g/mol. The molecule has 8 nitrogen and oxygen atoms in total. The van der Waals surface area contributed by atoms with Crippen molar-refractivity contribution in [3.05, 3.63) is 119 Å². The van der Waals surface area contributed by atoms with Gasteiger partial charge in [0, 0.05) is 42.0 Å². The van der Waals surface area contributed by atoms with Gasteiger partial charge in [0.2, 0.25) is 11.7 Å². The molecule has 0 spiro atoms. The highest BCUT2D eigenvalue weighted by Gasteiger charge is 2.24. The van der Waals surface area contributed by atoms with Crippen LogP contribution in [0.3, 0.4) is 0 Å². The number of phenolic OH excluding ortho intramolecular Hbond substituents is 1. The molecule has 5 N–H and O–H groups in total. The zero-order chi connectivity index (χ0) is 29.1. The van der Waals surface area contributed by atoms with Crippen molar-refractivity contribution >= 4 is 45.4 Å². The fourth-order valence-electron chi connectivity index (χ4n) is 4.30. The second-order valence-electron chi connectivity index (χ2n) is 9.31. The number of rotatable bonds is 8. The fourth-order valence-corrected chi connectivity index (χ4v) is 4.30. The maximum atomic E-state index is 14.0. The highest BCUT2D eigenvalue weighted by Crippen LogP contribution is 2.30. The molecule has 41 heavy (non-hydrogen) atoms. The number of carbonyl (C=O) groups is 2. The normalized spacial score (nSPS) is 11.7. The average Bonchev–Trinajstić information content (AvgIpc) is 3.34. The molecule has 0 fully saturated rings. The molecule has 0 unspecified atom stereocenters. The number of benzene rings is 4. The Labute approximate surface area is 233 Å². The van der Waals surface area contributed by atoms with Gasteiger partial charge in [0.05, 0.1) is 11.0 Å². The predicted octanol–water partition coefficient (Wildman–Crippen LogP) is 6.43. The number of halogens is 2. The third kappa shape index (κ3) is 6.22. The minimum absolute atomic E-state index is 0.0266. The van der Waals surface area contributed by atoms with Gasteiger partial charge in [0.15, 0.2) is 0 Å². The zero-order valence-corrected chi connectivity index (χ0v) is 21.7. The summed E-state index contributed by atoms with van der Waals surface area (Å²) in [5.74, 6) is -3.61. The highest BCUT2D eigenvalue weighted by molar-refractivity contribution is 6.33. The van der Waals surface area contributed by atoms with Crippen LogP contribution in [0.15, 0.2) is 84.9 Å². The largest absolute Gasteiger partial charge is 0.508 e. The van der Waals surface area contributed by atoms with Gasteiger partial charge in [0.1, 0.15) is 34.5 Å². The van der Waals surface area contributed by atoms with Gasteiger partial charge < -0.3 is 25.8 Å². The molecule has 4 aromatic carbocycles. The van der Waals surface area contributed by atoms with E-state index in [1.165, 1.54) is 31.2 Å². The van der Waals surface area contributed by atoms with E-state index in [1.54, 1.807) is 30.3 Å². The summed E-state index contributed by atoms with van der Waals surface area (Å²) in [6.45, 7) is 1.93. The minimum Gasteiger partial charge on any atom is -0.508 e. The van der Waals surface area contributed by atoms with Gasteiger partial charge in [-0.15, -0.1) is 0 Å². The van der Waals surface area contributed by atoms with Gasteiger partial charge in [-0.2, -0.15) is 0 Å². The number of anilines is 2. The Morgan fingerprint density at radius 2 is 1.59 bits per heavy atom. The second kappa shape index (κ2) is 11.3. The molecule has 1 amide bonds. The Hall–Kier alpha value is -5.51. The Morgan fingerprint density at radius 1 is 0.878 bits per heavy atom. The summed E-state index contributed by atoms with van der Waals surface area (Å²) in [6.07, 6.45) is 0. The standard InChI is InChI=1S/C31H24F2N4O4/c1-17(38)35-23-7-5-18(6-8-23)16-34-24-9-10-26-27(15-24)37-31(36-26)28(29(40)19-3-2-4-25(39)13-19)30(41)20-11-21(32)14-22(33)12-20/h2-15,34,39,41H,16H2,1H3,(H,35,38)(H,36,37). The third-order valence-electron chi connectivity index (χ3n) is 6.20. The minimum atomic E-state index is -0.930. The number of imidazole rings is 1. The average molecular weight is 555 g/mol. The molecule has 10 heteroatoms. The van der Waals surface area contributed by atoms with Crippen LogP contribution in [0.5, 0.6) is 5.75 Å². The Bertz CT molecular complexity index is 1790. The molecule has 5 rings (SSSR count). The molecule has 1 aromatic heterocycles. The van der Waals surface area contributed by atoms with Gasteiger partial charge in [-0.1, -0.05) is 24.3 Å². The molecule has 206 valence electrons. The lowest BCUT2D eigenvalue weighted by Crippen LogP contribution is -2.08. The Kier molecular flexibility index (Phi) is 7.47. The second-order valence-corrected chi connectivity index (χ2v) is 9.31. The summed E-state index contributed by atoms with van der Waals surface area (Å²) in [5.41, 5.74) is 2.87. The molecule has 0 radical (unpaired) electrons. The molecule has 0 saturated carbocycles. The van der Waals surface area contributed by atoms with E-state index < -0.39 is 23.2 Å². The monoisotopic (exact) mass is 554 g/mol. The van der Waals surface area contributed by atoms with Crippen molar-refractivity contribution in [1.29, 1.82) is 0 Å². The van der Waals surface area contributed by atoms with Crippen LogP contribution in [-0.4, -0.2) is 31.9 Å². The van der Waals surface area contributed by atoms with E-state index in [2.05, 4.69) is 20.6 Å². The number of nitrogens with zero attached hydrogens (tertiary/aromatic N) is 1. The first-order chi connectivity index (χ1) is 19.7. The van der Waals surface area contributed by atoms with Crippen molar-refractivity contribution in [2.24, 2.45) is 0 Å². The maximum absolute atomic E-state index is 14.0. The number of aliphatic hydroxyl groups is 1. The first kappa shape index (κ1) is 27.1. The number of fused-ring (bicyclic) bond motifs is 1. The molecule has 0 bridgehead atoms. The van der Waals surface area contributed by atoms with E-state index in [0.717, 1.165) is 23.4 Å². The third-order valence-corrected chi connectivity index (χ3v) is 6.20. The SMILES string of the molecule is CC(=O)Nc1ccc(CNc2ccc3nc(C(C(=O)c4cccc(O)c4)=C(O)c4cc(F)cc(F)c4)[nH]c3c2)cc1. The number of amides is 1. The molecule has 0 aliphatic heterocycles. The molecule has 0 saturated heterocycles. The van der Waals surface area contributed by atoms with Gasteiger partial charge >= 0.3 is 0 Å². The van der Waals surface area contributed by atoms with Crippen LogP contribution >= 0.6 is 0 Å². The first-order valence-electron chi connectivity index (χ1n) is 12.5. The summed E-state index contributed by atoms with van der Waals surface area (Å²) >= 11 is 0. The summed E-state index contributed by atoms with van der Waals surface area (Å²) in [5, 5.41) is 27.0. The molecule has 0 aliphatic carbocycles. The molecular formula is C31H24F2N4O4. The highest BCUT2D eigenvalue weighted by atomic mass is 19.1. The Balaban J connectivity index is 1.49. The summed E-state index contributed by atoms with van der Waals surface area (Å²) in [6, 6.07) is 20.6. The lowest BCUT2D eigenvalue weighted by Gasteiger charge is -2.10. The lowest BCUT2D eigenvalue weighted by molar-refractivity contribution is -0.114. The van der Waals surface area contributed by atoms with Gasteiger partial charge in [-0.05, 0) is 60.2 Å². The van der Waals surface area contributed by atoms with Crippen LogP contribution in [0, 0.1) is 11.6 Å². The van der Waals surface area contributed by atoms with Crippen molar-refractivity contribution in [2.45, 2.75) is 13.5 Å². The number of ketones is 1. The van der Waals surface area contributed by atoms with E-state index in [0.29, 0.717) is 29.3 Å². The predicted molar refractivity (Wildman–Crippen MR) is 152 cm³/mol. The van der Waals surface area contributed by atoms with Crippen LogP contribution in [-0.2, 0) is 11.3 Å². The van der Waals surface area contributed by atoms with E-state index in [-0.39, 0.29) is 34.2 Å². The summed E-state index contributed by atoms with van der Waals surface area (Å²) in [4.78, 5) is 32.3.